The number of carbonyl (C=O) groups excluding carboxylic acids is 1. The zero-order chi connectivity index (χ0) is 16.5. The van der Waals surface area contributed by atoms with E-state index < -0.39 is 0 Å². The van der Waals surface area contributed by atoms with Crippen molar-refractivity contribution in [1.29, 1.82) is 0 Å². The van der Waals surface area contributed by atoms with Crippen LogP contribution in [0.3, 0.4) is 0 Å². The fourth-order valence-corrected chi connectivity index (χ4v) is 3.03. The minimum Gasteiger partial charge on any atom is -0.338 e. The first kappa shape index (κ1) is 17.8. The van der Waals surface area contributed by atoms with Crippen LogP contribution >= 0.6 is 0 Å². The molecule has 1 aromatic rings. The number of rotatable bonds is 7. The summed E-state index contributed by atoms with van der Waals surface area (Å²) in [5.41, 5.74) is 1.36. The number of nitrogens with one attached hydrogen (secondary N) is 2. The van der Waals surface area contributed by atoms with Crippen molar-refractivity contribution in [2.45, 2.75) is 52.1 Å². The van der Waals surface area contributed by atoms with E-state index in [0.29, 0.717) is 12.0 Å². The van der Waals surface area contributed by atoms with E-state index in [1.165, 1.54) is 5.56 Å². The van der Waals surface area contributed by atoms with Gasteiger partial charge in [-0.15, -0.1) is 0 Å². The van der Waals surface area contributed by atoms with Crippen LogP contribution in [-0.4, -0.2) is 36.6 Å². The van der Waals surface area contributed by atoms with Crippen LogP contribution in [0, 0.1) is 5.92 Å². The van der Waals surface area contributed by atoms with Crippen molar-refractivity contribution in [3.63, 3.8) is 0 Å². The summed E-state index contributed by atoms with van der Waals surface area (Å²) >= 11 is 0. The molecule has 4 heteroatoms. The molecule has 0 unspecified atom stereocenters. The molecule has 1 heterocycles. The molecule has 0 aromatic heterocycles. The fourth-order valence-electron chi connectivity index (χ4n) is 3.03. The summed E-state index contributed by atoms with van der Waals surface area (Å²) in [6.07, 6.45) is 4.29. The molecule has 23 heavy (non-hydrogen) atoms. The molecule has 1 saturated heterocycles. The topological polar surface area (TPSA) is 44.4 Å². The number of urea groups is 1. The molecule has 2 N–H and O–H groups in total. The standard InChI is InChI=1S/C19H31N3O/c1-16(2)7-6-12-20-19(23)21-18-10-13-22(14-11-18)15-17-8-4-3-5-9-17/h3-5,8-9,16,18H,6-7,10-15H2,1-2H3,(H2,20,21,23). The fraction of sp³-hybridized carbons (Fsp3) is 0.632. The van der Waals surface area contributed by atoms with Gasteiger partial charge >= 0.3 is 6.03 Å². The summed E-state index contributed by atoms with van der Waals surface area (Å²) < 4.78 is 0. The van der Waals surface area contributed by atoms with E-state index in [9.17, 15) is 4.79 Å². The highest BCUT2D eigenvalue weighted by atomic mass is 16.2. The van der Waals surface area contributed by atoms with Crippen LogP contribution in [0.4, 0.5) is 4.79 Å². The summed E-state index contributed by atoms with van der Waals surface area (Å²) in [6, 6.07) is 10.9. The van der Waals surface area contributed by atoms with E-state index in [0.717, 1.165) is 51.9 Å². The predicted octanol–water partition coefficient (Wildman–Crippen LogP) is 3.39. The summed E-state index contributed by atoms with van der Waals surface area (Å²) in [4.78, 5) is 14.4. The maximum atomic E-state index is 11.9. The first-order valence-corrected chi connectivity index (χ1v) is 8.94. The lowest BCUT2D eigenvalue weighted by Crippen LogP contribution is -2.47. The molecule has 0 aliphatic carbocycles. The third-order valence-electron chi connectivity index (χ3n) is 4.42. The molecule has 1 aliphatic heterocycles. The first-order valence-electron chi connectivity index (χ1n) is 8.94. The van der Waals surface area contributed by atoms with Gasteiger partial charge in [0.2, 0.25) is 0 Å². The van der Waals surface area contributed by atoms with Gasteiger partial charge in [-0.2, -0.15) is 0 Å². The van der Waals surface area contributed by atoms with E-state index in [2.05, 4.69) is 59.7 Å². The lowest BCUT2D eigenvalue weighted by atomic mass is 10.0. The molecular weight excluding hydrogens is 286 g/mol. The van der Waals surface area contributed by atoms with Crippen molar-refractivity contribution in [2.75, 3.05) is 19.6 Å². The second kappa shape index (κ2) is 9.56. The highest BCUT2D eigenvalue weighted by Gasteiger charge is 2.20. The van der Waals surface area contributed by atoms with Gasteiger partial charge in [0.25, 0.3) is 0 Å². The van der Waals surface area contributed by atoms with Gasteiger partial charge in [-0.25, -0.2) is 4.79 Å². The van der Waals surface area contributed by atoms with E-state index in [-0.39, 0.29) is 6.03 Å². The van der Waals surface area contributed by atoms with E-state index in [1.807, 2.05) is 0 Å². The number of hydrogen-bond acceptors (Lipinski definition) is 2. The van der Waals surface area contributed by atoms with Crippen LogP contribution in [-0.2, 0) is 6.54 Å². The van der Waals surface area contributed by atoms with Crippen LogP contribution in [0.25, 0.3) is 0 Å². The lowest BCUT2D eigenvalue weighted by Gasteiger charge is -2.32. The van der Waals surface area contributed by atoms with Crippen LogP contribution in [0.5, 0.6) is 0 Å². The van der Waals surface area contributed by atoms with Gasteiger partial charge in [0.1, 0.15) is 0 Å². The Morgan fingerprint density at radius 2 is 1.91 bits per heavy atom. The summed E-state index contributed by atoms with van der Waals surface area (Å²) in [7, 11) is 0. The highest BCUT2D eigenvalue weighted by molar-refractivity contribution is 5.74. The third kappa shape index (κ3) is 7.04. The van der Waals surface area contributed by atoms with Gasteiger partial charge in [-0.3, -0.25) is 4.90 Å². The Hall–Kier alpha value is -1.55. The quantitative estimate of drug-likeness (QED) is 0.757. The third-order valence-corrected chi connectivity index (χ3v) is 4.42. The predicted molar refractivity (Wildman–Crippen MR) is 95.3 cm³/mol. The molecule has 1 aliphatic rings. The molecule has 1 aromatic carbocycles. The highest BCUT2D eigenvalue weighted by Crippen LogP contribution is 2.13. The molecule has 128 valence electrons. The maximum absolute atomic E-state index is 11.9. The van der Waals surface area contributed by atoms with Crippen molar-refractivity contribution in [3.05, 3.63) is 35.9 Å². The number of piperidine rings is 1. The van der Waals surface area contributed by atoms with Crippen LogP contribution in [0.2, 0.25) is 0 Å². The van der Waals surface area contributed by atoms with Gasteiger partial charge in [-0.1, -0.05) is 44.2 Å². The molecule has 4 nitrogen and oxygen atoms in total. The zero-order valence-electron chi connectivity index (χ0n) is 14.6. The monoisotopic (exact) mass is 317 g/mol. The zero-order valence-corrected chi connectivity index (χ0v) is 14.6. The Morgan fingerprint density at radius 3 is 2.57 bits per heavy atom. The number of carbonyl (C=O) groups is 1. The number of nitrogens with zero attached hydrogens (tertiary/aromatic N) is 1. The average Bonchev–Trinajstić information content (AvgIpc) is 2.54. The SMILES string of the molecule is CC(C)CCCNC(=O)NC1CCN(Cc2ccccc2)CC1. The molecule has 2 amide bonds. The summed E-state index contributed by atoms with van der Waals surface area (Å²) in [5.74, 6) is 0.703. The largest absolute Gasteiger partial charge is 0.338 e. The number of hydrogen-bond donors (Lipinski definition) is 2. The molecule has 2 rings (SSSR count). The van der Waals surface area contributed by atoms with Crippen LogP contribution in [0.15, 0.2) is 30.3 Å². The lowest BCUT2D eigenvalue weighted by molar-refractivity contribution is 0.186. The Morgan fingerprint density at radius 1 is 1.22 bits per heavy atom. The smallest absolute Gasteiger partial charge is 0.315 e. The molecular formula is C19H31N3O. The minimum atomic E-state index is -0.00438. The molecule has 0 spiro atoms. The Kier molecular flexibility index (Phi) is 7.40. The second-order valence-corrected chi connectivity index (χ2v) is 6.97. The number of likely N-dealkylation sites (tertiary alicyclic amines) is 1. The Balaban J connectivity index is 1.60. The first-order chi connectivity index (χ1) is 11.1. The number of benzene rings is 1. The normalized spacial score (nSPS) is 16.5. The van der Waals surface area contributed by atoms with Gasteiger partial charge < -0.3 is 10.6 Å². The maximum Gasteiger partial charge on any atom is 0.315 e. The summed E-state index contributed by atoms with van der Waals surface area (Å²) in [5, 5.41) is 6.09. The molecule has 0 atom stereocenters. The van der Waals surface area contributed by atoms with Crippen molar-refractivity contribution in [2.24, 2.45) is 5.92 Å². The minimum absolute atomic E-state index is 0.00438. The van der Waals surface area contributed by atoms with Crippen LogP contribution in [0.1, 0.15) is 45.1 Å². The Labute approximate surface area is 140 Å². The molecule has 0 radical (unpaired) electrons. The average molecular weight is 317 g/mol. The van der Waals surface area contributed by atoms with E-state index >= 15 is 0 Å². The van der Waals surface area contributed by atoms with Crippen molar-refractivity contribution in [3.8, 4) is 0 Å². The van der Waals surface area contributed by atoms with Gasteiger partial charge in [0, 0.05) is 32.2 Å². The Bertz CT molecular complexity index is 453. The van der Waals surface area contributed by atoms with Gasteiger partial charge in [0.15, 0.2) is 0 Å². The molecule has 1 fully saturated rings. The van der Waals surface area contributed by atoms with Gasteiger partial charge in [-0.05, 0) is 37.2 Å². The molecule has 0 bridgehead atoms. The van der Waals surface area contributed by atoms with Crippen molar-refractivity contribution >= 4 is 6.03 Å². The van der Waals surface area contributed by atoms with Crippen molar-refractivity contribution in [1.82, 2.24) is 15.5 Å². The second-order valence-electron chi connectivity index (χ2n) is 6.97. The van der Waals surface area contributed by atoms with Crippen molar-refractivity contribution < 1.29 is 4.79 Å². The van der Waals surface area contributed by atoms with Crippen LogP contribution < -0.4 is 10.6 Å². The van der Waals surface area contributed by atoms with Gasteiger partial charge in [0.05, 0.1) is 0 Å². The summed E-state index contributed by atoms with van der Waals surface area (Å²) in [6.45, 7) is 8.30. The number of amides is 2. The molecule has 0 saturated carbocycles. The van der Waals surface area contributed by atoms with E-state index in [4.69, 9.17) is 0 Å². The van der Waals surface area contributed by atoms with E-state index in [1.54, 1.807) is 0 Å².